The molecule has 0 aliphatic carbocycles. The lowest BCUT2D eigenvalue weighted by Crippen LogP contribution is -2.10. The Bertz CT molecular complexity index is 837. The summed E-state index contributed by atoms with van der Waals surface area (Å²) in [6.45, 7) is 0. The molecule has 0 amide bonds. The molecule has 0 spiro atoms. The molecule has 3 rings (SSSR count). The van der Waals surface area contributed by atoms with Crippen LogP contribution >= 0.6 is 11.6 Å². The zero-order valence-electron chi connectivity index (χ0n) is 12.2. The summed E-state index contributed by atoms with van der Waals surface area (Å²) in [7, 11) is 3.17. The molecule has 22 heavy (non-hydrogen) atoms. The Labute approximate surface area is 132 Å². The zero-order chi connectivity index (χ0) is 15.7. The first-order valence-corrected chi connectivity index (χ1v) is 7.05. The molecule has 0 atom stereocenters. The second kappa shape index (κ2) is 5.73. The van der Waals surface area contributed by atoms with Gasteiger partial charge in [0.2, 0.25) is 0 Å². The van der Waals surface area contributed by atoms with Gasteiger partial charge in [-0.2, -0.15) is 0 Å². The first-order chi connectivity index (χ1) is 10.6. The van der Waals surface area contributed by atoms with Crippen LogP contribution in [0.2, 0.25) is 5.02 Å². The second-order valence-corrected chi connectivity index (χ2v) is 5.20. The van der Waals surface area contributed by atoms with E-state index in [1.165, 1.54) is 0 Å². The maximum atomic E-state index is 12.7. The van der Waals surface area contributed by atoms with Crippen LogP contribution in [0.1, 0.15) is 10.4 Å². The van der Waals surface area contributed by atoms with Gasteiger partial charge in [-0.3, -0.25) is 9.36 Å². The topological polar surface area (TPSA) is 40.5 Å². The quantitative estimate of drug-likeness (QED) is 0.733. The van der Waals surface area contributed by atoms with Crippen molar-refractivity contribution in [3.8, 4) is 11.5 Å². The fourth-order valence-corrected chi connectivity index (χ4v) is 2.50. The van der Waals surface area contributed by atoms with E-state index in [1.54, 1.807) is 55.3 Å². The molecule has 4 nitrogen and oxygen atoms in total. The second-order valence-electron chi connectivity index (χ2n) is 4.76. The molecule has 0 saturated heterocycles. The Hall–Kier alpha value is -2.46. The van der Waals surface area contributed by atoms with Crippen LogP contribution in [0.5, 0.6) is 11.5 Å². The lowest BCUT2D eigenvalue weighted by atomic mass is 10.2. The number of methoxy groups -OCH3 is 2. The molecule has 1 aromatic heterocycles. The van der Waals surface area contributed by atoms with Crippen molar-refractivity contribution in [3.63, 3.8) is 0 Å². The maximum Gasteiger partial charge on any atom is 0.262 e. The van der Waals surface area contributed by atoms with Gasteiger partial charge in [-0.05, 0) is 30.3 Å². The van der Waals surface area contributed by atoms with Crippen LogP contribution in [0, 0.1) is 0 Å². The highest BCUT2D eigenvalue weighted by Gasteiger charge is 2.15. The van der Waals surface area contributed by atoms with Crippen molar-refractivity contribution in [3.05, 3.63) is 59.2 Å². The van der Waals surface area contributed by atoms with Crippen LogP contribution in [0.25, 0.3) is 10.9 Å². The summed E-state index contributed by atoms with van der Waals surface area (Å²) in [6, 6.07) is 12.2. The van der Waals surface area contributed by atoms with Gasteiger partial charge in [-0.25, -0.2) is 0 Å². The summed E-state index contributed by atoms with van der Waals surface area (Å²) in [6.07, 6.45) is 1.73. The van der Waals surface area contributed by atoms with Gasteiger partial charge in [0.05, 0.1) is 19.7 Å². The number of aromatic nitrogens is 1. The van der Waals surface area contributed by atoms with Crippen molar-refractivity contribution in [1.82, 2.24) is 4.57 Å². The summed E-state index contributed by atoms with van der Waals surface area (Å²) >= 11 is 5.86. The van der Waals surface area contributed by atoms with Gasteiger partial charge in [0.25, 0.3) is 5.91 Å². The molecule has 0 saturated carbocycles. The molecule has 1 heterocycles. The minimum atomic E-state index is -0.137. The van der Waals surface area contributed by atoms with E-state index in [4.69, 9.17) is 21.1 Å². The number of carbonyl (C=O) groups excluding carboxylic acids is 1. The molecule has 0 bridgehead atoms. The molecule has 2 aromatic carbocycles. The van der Waals surface area contributed by atoms with Crippen LogP contribution in [0.15, 0.2) is 48.7 Å². The zero-order valence-corrected chi connectivity index (χ0v) is 12.9. The molecule has 5 heteroatoms. The maximum absolute atomic E-state index is 12.7. The van der Waals surface area contributed by atoms with Crippen LogP contribution in [-0.4, -0.2) is 24.7 Å². The first kappa shape index (κ1) is 14.5. The van der Waals surface area contributed by atoms with Gasteiger partial charge in [0, 0.05) is 34.3 Å². The minimum absolute atomic E-state index is 0.137. The van der Waals surface area contributed by atoms with Crippen LogP contribution < -0.4 is 9.47 Å². The van der Waals surface area contributed by atoms with Crippen molar-refractivity contribution >= 4 is 28.4 Å². The van der Waals surface area contributed by atoms with Crippen molar-refractivity contribution in [2.45, 2.75) is 0 Å². The van der Waals surface area contributed by atoms with Crippen molar-refractivity contribution < 1.29 is 14.3 Å². The fraction of sp³-hybridized carbons (Fsp3) is 0.118. The fourth-order valence-electron chi connectivity index (χ4n) is 2.38. The highest BCUT2D eigenvalue weighted by atomic mass is 35.5. The number of fused-ring (bicyclic) bond motifs is 1. The Morgan fingerprint density at radius 1 is 1.05 bits per heavy atom. The van der Waals surface area contributed by atoms with Gasteiger partial charge in [0.15, 0.2) is 0 Å². The van der Waals surface area contributed by atoms with E-state index in [-0.39, 0.29) is 5.91 Å². The minimum Gasteiger partial charge on any atom is -0.497 e. The smallest absolute Gasteiger partial charge is 0.262 e. The normalized spacial score (nSPS) is 10.7. The van der Waals surface area contributed by atoms with E-state index < -0.39 is 0 Å². The lowest BCUT2D eigenvalue weighted by Gasteiger charge is -2.09. The van der Waals surface area contributed by atoms with Crippen molar-refractivity contribution in [2.24, 2.45) is 0 Å². The largest absolute Gasteiger partial charge is 0.497 e. The summed E-state index contributed by atoms with van der Waals surface area (Å²) in [4.78, 5) is 12.7. The Balaban J connectivity index is 2.14. The molecular formula is C17H14ClNO3. The number of nitrogens with zero attached hydrogens (tertiary/aromatic N) is 1. The Morgan fingerprint density at radius 2 is 1.77 bits per heavy atom. The van der Waals surface area contributed by atoms with Gasteiger partial charge >= 0.3 is 0 Å². The Kier molecular flexibility index (Phi) is 3.77. The van der Waals surface area contributed by atoms with Gasteiger partial charge in [-0.15, -0.1) is 0 Å². The molecule has 3 aromatic rings. The SMILES string of the molecule is COc1cc(OC)c2ccn(C(=O)c3ccc(Cl)cc3)c2c1. The van der Waals surface area contributed by atoms with E-state index in [2.05, 4.69) is 0 Å². The third-order valence-electron chi connectivity index (χ3n) is 3.51. The van der Waals surface area contributed by atoms with Gasteiger partial charge in [-0.1, -0.05) is 11.6 Å². The highest BCUT2D eigenvalue weighted by Crippen LogP contribution is 2.32. The number of rotatable bonds is 3. The van der Waals surface area contributed by atoms with Crippen molar-refractivity contribution in [1.29, 1.82) is 0 Å². The molecule has 0 aliphatic heterocycles. The number of benzene rings is 2. The lowest BCUT2D eigenvalue weighted by molar-refractivity contribution is 0.0965. The summed E-state index contributed by atoms with van der Waals surface area (Å²) < 4.78 is 12.2. The third kappa shape index (κ3) is 2.42. The van der Waals surface area contributed by atoms with Crippen LogP contribution in [-0.2, 0) is 0 Å². The van der Waals surface area contributed by atoms with E-state index in [0.29, 0.717) is 22.1 Å². The van der Waals surface area contributed by atoms with Crippen LogP contribution in [0.4, 0.5) is 0 Å². The number of carbonyl (C=O) groups is 1. The van der Waals surface area contributed by atoms with E-state index in [1.807, 2.05) is 12.1 Å². The molecular weight excluding hydrogens is 302 g/mol. The molecule has 112 valence electrons. The van der Waals surface area contributed by atoms with E-state index >= 15 is 0 Å². The number of ether oxygens (including phenoxy) is 2. The molecule has 0 aliphatic rings. The number of hydrogen-bond donors (Lipinski definition) is 0. The molecule has 0 radical (unpaired) electrons. The Morgan fingerprint density at radius 3 is 2.41 bits per heavy atom. The number of hydrogen-bond acceptors (Lipinski definition) is 3. The van der Waals surface area contributed by atoms with Crippen molar-refractivity contribution in [2.75, 3.05) is 14.2 Å². The molecule has 0 N–H and O–H groups in total. The third-order valence-corrected chi connectivity index (χ3v) is 3.76. The standard InChI is InChI=1S/C17H14ClNO3/c1-21-13-9-15-14(16(10-13)22-2)7-8-19(15)17(20)11-3-5-12(18)6-4-11/h3-10H,1-2H3. The highest BCUT2D eigenvalue weighted by molar-refractivity contribution is 6.30. The molecule has 0 fully saturated rings. The summed E-state index contributed by atoms with van der Waals surface area (Å²) in [5.74, 6) is 1.16. The average molecular weight is 316 g/mol. The van der Waals surface area contributed by atoms with Gasteiger partial charge in [0.1, 0.15) is 11.5 Å². The monoisotopic (exact) mass is 315 g/mol. The van der Waals surface area contributed by atoms with Crippen LogP contribution in [0.3, 0.4) is 0 Å². The summed E-state index contributed by atoms with van der Waals surface area (Å²) in [5.41, 5.74) is 1.29. The van der Waals surface area contributed by atoms with Gasteiger partial charge < -0.3 is 9.47 Å². The predicted octanol–water partition coefficient (Wildman–Crippen LogP) is 4.00. The first-order valence-electron chi connectivity index (χ1n) is 6.67. The van der Waals surface area contributed by atoms with E-state index in [9.17, 15) is 4.79 Å². The number of halogens is 1. The molecule has 0 unspecified atom stereocenters. The average Bonchev–Trinajstić information content (AvgIpc) is 2.97. The van der Waals surface area contributed by atoms with E-state index in [0.717, 1.165) is 10.9 Å². The summed E-state index contributed by atoms with van der Waals surface area (Å²) in [5, 5.41) is 1.45. The predicted molar refractivity (Wildman–Crippen MR) is 86.2 cm³/mol.